The Balaban J connectivity index is 4.59. The normalized spacial score (nSPS) is 19.3. The second kappa shape index (κ2) is 1.39. The van der Waals surface area contributed by atoms with Crippen molar-refractivity contribution in [2.24, 2.45) is 0 Å². The van der Waals surface area contributed by atoms with Gasteiger partial charge in [-0.25, -0.2) is 0 Å². The van der Waals surface area contributed by atoms with Crippen LogP contribution in [0.25, 0.3) is 0 Å². The van der Waals surface area contributed by atoms with Gasteiger partial charge in [-0.1, -0.05) is 19.4 Å². The predicted molar refractivity (Wildman–Crippen MR) is 25.6 cm³/mol. The van der Waals surface area contributed by atoms with Crippen molar-refractivity contribution in [1.82, 2.24) is 0 Å². The fourth-order valence-corrected chi connectivity index (χ4v) is 0.700. The van der Waals surface area contributed by atoms with Gasteiger partial charge in [-0.05, 0) is 0 Å². The average Bonchev–Trinajstić information content (AvgIpc) is 1.12. The molecule has 0 saturated carbocycles. The number of hydrogen-bond acceptors (Lipinski definition) is 1. The quantitative estimate of drug-likeness (QED) is 0.672. The van der Waals surface area contributed by atoms with Crippen molar-refractivity contribution in [2.75, 3.05) is 5.75 Å². The summed E-state index contributed by atoms with van der Waals surface area (Å²) >= 11 is 0. The lowest BCUT2D eigenvalue weighted by atomic mass is 10.8. The van der Waals surface area contributed by atoms with Gasteiger partial charge >= 0.3 is 5.97 Å². The second-order valence-corrected chi connectivity index (χ2v) is 4.21. The van der Waals surface area contributed by atoms with Crippen LogP contribution in [0, 0.1) is 0 Å². The molecular weight excluding hydrogens is 183 g/mol. The molecule has 0 aromatic carbocycles. The van der Waals surface area contributed by atoms with Gasteiger partial charge in [-0.2, -0.15) is 0 Å². The third-order valence-electron chi connectivity index (χ3n) is 0.396. The minimum absolute atomic E-state index is 2.57. The van der Waals surface area contributed by atoms with Crippen LogP contribution in [-0.4, -0.2) is 16.8 Å². The van der Waals surface area contributed by atoms with Crippen LogP contribution in [0.1, 0.15) is 0 Å². The SMILES string of the molecule is O=C(O)CS(F)(F)(F)(F)F. The summed E-state index contributed by atoms with van der Waals surface area (Å²) in [6.07, 6.45) is 0. The molecule has 0 rings (SSSR count). The standard InChI is InChI=1S/C2H3F5O2S/c3-10(4,5,6,7)1-2(8)9/h1H2,(H,8,9). The molecule has 0 bridgehead atoms. The van der Waals surface area contributed by atoms with Crippen molar-refractivity contribution in [3.8, 4) is 0 Å². The lowest BCUT2D eigenvalue weighted by Crippen LogP contribution is -2.18. The summed E-state index contributed by atoms with van der Waals surface area (Å²) in [5, 5.41) is 7.41. The molecule has 0 saturated heterocycles. The molecule has 0 heterocycles. The summed E-state index contributed by atoms with van der Waals surface area (Å²) in [5.74, 6) is -5.61. The summed E-state index contributed by atoms with van der Waals surface area (Å²) in [4.78, 5) is 9.25. The zero-order chi connectivity index (χ0) is 8.69. The van der Waals surface area contributed by atoms with Crippen molar-refractivity contribution in [3.05, 3.63) is 0 Å². The number of carboxylic acids is 1. The minimum atomic E-state index is -9.70. The summed E-state index contributed by atoms with van der Waals surface area (Å²) in [6.45, 7) is 0. The largest absolute Gasteiger partial charge is 0.480 e. The minimum Gasteiger partial charge on any atom is -0.480 e. The maximum Gasteiger partial charge on any atom is 0.322 e. The Bertz CT molecular complexity index is 165. The monoisotopic (exact) mass is 186 g/mol. The van der Waals surface area contributed by atoms with Crippen LogP contribution < -0.4 is 0 Å². The van der Waals surface area contributed by atoms with Gasteiger partial charge in [-0.15, -0.1) is 0 Å². The third kappa shape index (κ3) is 7.47. The van der Waals surface area contributed by atoms with E-state index in [1.54, 1.807) is 0 Å². The Kier molecular flexibility index (Phi) is 1.31. The zero-order valence-corrected chi connectivity index (χ0v) is 5.18. The first-order valence-corrected chi connectivity index (χ1v) is 3.96. The van der Waals surface area contributed by atoms with E-state index < -0.39 is 21.9 Å². The van der Waals surface area contributed by atoms with Crippen molar-refractivity contribution in [1.29, 1.82) is 0 Å². The summed E-state index contributed by atoms with van der Waals surface area (Å²) in [7, 11) is -9.70. The van der Waals surface area contributed by atoms with E-state index in [9.17, 15) is 24.2 Å². The van der Waals surface area contributed by atoms with Crippen LogP contribution in [0.2, 0.25) is 0 Å². The van der Waals surface area contributed by atoms with Gasteiger partial charge in [0.25, 0.3) is 10.2 Å². The van der Waals surface area contributed by atoms with E-state index >= 15 is 0 Å². The molecule has 0 amide bonds. The molecule has 8 heteroatoms. The molecule has 10 heavy (non-hydrogen) atoms. The van der Waals surface area contributed by atoms with Gasteiger partial charge in [0.2, 0.25) is 0 Å². The highest BCUT2D eigenvalue weighted by molar-refractivity contribution is 8.46. The lowest BCUT2D eigenvalue weighted by molar-refractivity contribution is -0.134. The molecule has 0 aromatic heterocycles. The highest BCUT2D eigenvalue weighted by atomic mass is 32.5. The Hall–Kier alpha value is -0.530. The van der Waals surface area contributed by atoms with Crippen LogP contribution in [0.4, 0.5) is 19.4 Å². The van der Waals surface area contributed by atoms with Crippen LogP contribution >= 0.6 is 10.2 Å². The molecule has 0 spiro atoms. The van der Waals surface area contributed by atoms with Crippen molar-refractivity contribution < 1.29 is 29.3 Å². The van der Waals surface area contributed by atoms with E-state index in [-0.39, 0.29) is 0 Å². The van der Waals surface area contributed by atoms with E-state index in [0.29, 0.717) is 0 Å². The fraction of sp³-hybridized carbons (Fsp3) is 0.500. The number of halogens is 5. The molecule has 0 aromatic rings. The lowest BCUT2D eigenvalue weighted by Gasteiger charge is -2.38. The molecule has 64 valence electrons. The molecule has 0 unspecified atom stereocenters. The van der Waals surface area contributed by atoms with E-state index in [1.807, 2.05) is 0 Å². The highest BCUT2D eigenvalue weighted by Gasteiger charge is 2.65. The van der Waals surface area contributed by atoms with Crippen LogP contribution in [0.3, 0.4) is 0 Å². The molecule has 1 N–H and O–H groups in total. The van der Waals surface area contributed by atoms with E-state index in [2.05, 4.69) is 0 Å². The second-order valence-electron chi connectivity index (χ2n) is 1.67. The molecule has 0 fully saturated rings. The van der Waals surface area contributed by atoms with E-state index in [0.717, 1.165) is 0 Å². The summed E-state index contributed by atoms with van der Waals surface area (Å²) in [6, 6.07) is 0. The average molecular weight is 186 g/mol. The molecule has 0 aliphatic heterocycles. The van der Waals surface area contributed by atoms with Gasteiger partial charge in [0.05, 0.1) is 0 Å². The van der Waals surface area contributed by atoms with Crippen molar-refractivity contribution in [3.63, 3.8) is 0 Å². The first-order valence-electron chi connectivity index (χ1n) is 1.84. The maximum absolute atomic E-state index is 11.1. The number of carbonyl (C=O) groups is 1. The van der Waals surface area contributed by atoms with E-state index in [1.165, 1.54) is 0 Å². The van der Waals surface area contributed by atoms with Gasteiger partial charge in [0.15, 0.2) is 5.75 Å². The number of hydrogen-bond donors (Lipinski definition) is 1. The maximum atomic E-state index is 11.1. The predicted octanol–water partition coefficient (Wildman–Crippen LogP) is 2.37. The van der Waals surface area contributed by atoms with Gasteiger partial charge in [0.1, 0.15) is 0 Å². The van der Waals surface area contributed by atoms with Crippen molar-refractivity contribution >= 4 is 16.2 Å². The van der Waals surface area contributed by atoms with Gasteiger partial charge in [0, 0.05) is 0 Å². The molecule has 0 aliphatic rings. The summed E-state index contributed by atoms with van der Waals surface area (Å²) in [5.41, 5.74) is 0. The van der Waals surface area contributed by atoms with Gasteiger partial charge in [-0.3, -0.25) is 4.79 Å². The zero-order valence-electron chi connectivity index (χ0n) is 4.36. The molecular formula is C2H3F5O2S. The Morgan fingerprint density at radius 2 is 1.50 bits per heavy atom. The van der Waals surface area contributed by atoms with Crippen LogP contribution in [0.15, 0.2) is 0 Å². The van der Waals surface area contributed by atoms with Gasteiger partial charge < -0.3 is 5.11 Å². The fourth-order valence-electron chi connectivity index (χ4n) is 0.233. The van der Waals surface area contributed by atoms with Crippen molar-refractivity contribution in [2.45, 2.75) is 0 Å². The number of carboxylic acid groups (broad SMARTS) is 1. The van der Waals surface area contributed by atoms with Crippen LogP contribution in [-0.2, 0) is 4.79 Å². The number of aliphatic carboxylic acids is 1. The van der Waals surface area contributed by atoms with Crippen LogP contribution in [0.5, 0.6) is 0 Å². The highest BCUT2D eigenvalue weighted by Crippen LogP contribution is 2.97. The Morgan fingerprint density at radius 3 is 1.50 bits per heavy atom. The molecule has 0 aliphatic carbocycles. The smallest absolute Gasteiger partial charge is 0.322 e. The summed E-state index contributed by atoms with van der Waals surface area (Å²) < 4.78 is 55.4. The Morgan fingerprint density at radius 1 is 1.20 bits per heavy atom. The molecule has 0 atom stereocenters. The van der Waals surface area contributed by atoms with E-state index in [4.69, 9.17) is 5.11 Å². The Labute approximate surface area is 52.4 Å². The first kappa shape index (κ1) is 9.47. The topological polar surface area (TPSA) is 37.3 Å². The molecule has 2 nitrogen and oxygen atoms in total. The number of rotatable bonds is 2. The first-order chi connectivity index (χ1) is 3.89. The molecule has 0 radical (unpaired) electrons. The third-order valence-corrected chi connectivity index (χ3v) is 1.19.